The molecule has 5 nitrogen and oxygen atoms in total. The average molecular weight is 272 g/mol. The minimum atomic E-state index is -0.0282. The summed E-state index contributed by atoms with van der Waals surface area (Å²) < 4.78 is 0. The Morgan fingerprint density at radius 1 is 1.55 bits per heavy atom. The van der Waals surface area contributed by atoms with Gasteiger partial charge in [-0.3, -0.25) is 9.69 Å². The van der Waals surface area contributed by atoms with Crippen molar-refractivity contribution in [3.8, 4) is 6.07 Å². The van der Waals surface area contributed by atoms with Gasteiger partial charge in [0.1, 0.15) is 0 Å². The molecule has 1 amide bonds. The van der Waals surface area contributed by atoms with Crippen molar-refractivity contribution in [1.82, 2.24) is 9.80 Å². The third-order valence-corrected chi connectivity index (χ3v) is 3.62. The van der Waals surface area contributed by atoms with Crippen molar-refractivity contribution in [2.75, 3.05) is 39.0 Å². The van der Waals surface area contributed by atoms with E-state index in [1.165, 1.54) is 0 Å². The van der Waals surface area contributed by atoms with Gasteiger partial charge < -0.3 is 10.2 Å². The molecule has 5 heteroatoms. The number of rotatable bonds is 4. The summed E-state index contributed by atoms with van der Waals surface area (Å²) in [6, 6.07) is 9.57. The van der Waals surface area contributed by atoms with Gasteiger partial charge in [-0.15, -0.1) is 0 Å². The molecule has 0 aliphatic carbocycles. The zero-order valence-corrected chi connectivity index (χ0v) is 12.0. The van der Waals surface area contributed by atoms with Gasteiger partial charge in [-0.1, -0.05) is 6.07 Å². The molecule has 1 N–H and O–H groups in total. The minimum Gasteiger partial charge on any atom is -0.325 e. The largest absolute Gasteiger partial charge is 0.325 e. The van der Waals surface area contributed by atoms with Gasteiger partial charge in [0.25, 0.3) is 0 Å². The lowest BCUT2D eigenvalue weighted by molar-refractivity contribution is -0.117. The van der Waals surface area contributed by atoms with E-state index < -0.39 is 0 Å². The topological polar surface area (TPSA) is 59.4 Å². The monoisotopic (exact) mass is 272 g/mol. The van der Waals surface area contributed by atoms with E-state index in [0.29, 0.717) is 23.8 Å². The van der Waals surface area contributed by atoms with Crippen molar-refractivity contribution in [1.29, 1.82) is 5.26 Å². The standard InChI is InChI=1S/C15H20N4O/c1-18(2)14-6-7-19(10-14)11-15(20)17-13-5-3-4-12(8-13)9-16/h3-5,8,14H,6-7,10-11H2,1-2H3,(H,17,20). The number of likely N-dealkylation sites (N-methyl/N-ethyl adjacent to an activating group) is 1. The number of hydrogen-bond donors (Lipinski definition) is 1. The zero-order chi connectivity index (χ0) is 14.5. The van der Waals surface area contributed by atoms with Gasteiger partial charge in [0.05, 0.1) is 18.2 Å². The summed E-state index contributed by atoms with van der Waals surface area (Å²) in [5.41, 5.74) is 1.23. The SMILES string of the molecule is CN(C)C1CCN(CC(=O)Nc2cccc(C#N)c2)C1. The molecule has 0 bridgehead atoms. The van der Waals surface area contributed by atoms with Crippen LogP contribution in [-0.2, 0) is 4.79 Å². The van der Waals surface area contributed by atoms with E-state index >= 15 is 0 Å². The summed E-state index contributed by atoms with van der Waals surface area (Å²) in [5, 5.41) is 11.7. The first-order valence-corrected chi connectivity index (χ1v) is 6.77. The molecule has 1 atom stereocenters. The van der Waals surface area contributed by atoms with E-state index in [2.05, 4.69) is 35.3 Å². The quantitative estimate of drug-likeness (QED) is 0.892. The van der Waals surface area contributed by atoms with Crippen LogP contribution in [-0.4, -0.2) is 55.5 Å². The summed E-state index contributed by atoms with van der Waals surface area (Å²) in [7, 11) is 4.14. The van der Waals surface area contributed by atoms with Crippen LogP contribution >= 0.6 is 0 Å². The van der Waals surface area contributed by atoms with E-state index in [-0.39, 0.29) is 5.91 Å². The fourth-order valence-electron chi connectivity index (χ4n) is 2.45. The average Bonchev–Trinajstić information content (AvgIpc) is 2.87. The molecule has 1 aliphatic heterocycles. The number of amides is 1. The number of hydrogen-bond acceptors (Lipinski definition) is 4. The van der Waals surface area contributed by atoms with Crippen LogP contribution in [0.25, 0.3) is 0 Å². The Morgan fingerprint density at radius 2 is 2.35 bits per heavy atom. The fourth-order valence-corrected chi connectivity index (χ4v) is 2.45. The molecular weight excluding hydrogens is 252 g/mol. The lowest BCUT2D eigenvalue weighted by Gasteiger charge is -2.20. The van der Waals surface area contributed by atoms with Gasteiger partial charge in [-0.25, -0.2) is 0 Å². The van der Waals surface area contributed by atoms with Crippen molar-refractivity contribution in [2.45, 2.75) is 12.5 Å². The van der Waals surface area contributed by atoms with Crippen molar-refractivity contribution >= 4 is 11.6 Å². The maximum absolute atomic E-state index is 12.0. The number of anilines is 1. The third kappa shape index (κ3) is 3.80. The summed E-state index contributed by atoms with van der Waals surface area (Å²) in [6.07, 6.45) is 1.10. The summed E-state index contributed by atoms with van der Waals surface area (Å²) in [4.78, 5) is 16.4. The van der Waals surface area contributed by atoms with Crippen molar-refractivity contribution in [3.05, 3.63) is 29.8 Å². The first kappa shape index (κ1) is 14.5. The molecule has 0 spiro atoms. The lowest BCUT2D eigenvalue weighted by Crippen LogP contribution is -2.35. The molecule has 106 valence electrons. The molecule has 1 heterocycles. The normalized spacial score (nSPS) is 19.0. The van der Waals surface area contributed by atoms with Crippen molar-refractivity contribution in [3.63, 3.8) is 0 Å². The molecule has 0 aromatic heterocycles. The zero-order valence-electron chi connectivity index (χ0n) is 12.0. The first-order chi connectivity index (χ1) is 9.58. The van der Waals surface area contributed by atoms with E-state index in [4.69, 9.17) is 5.26 Å². The molecule has 0 saturated carbocycles. The number of likely N-dealkylation sites (tertiary alicyclic amines) is 1. The number of benzene rings is 1. The minimum absolute atomic E-state index is 0.0282. The van der Waals surface area contributed by atoms with Crippen LogP contribution in [0.1, 0.15) is 12.0 Å². The highest BCUT2D eigenvalue weighted by atomic mass is 16.2. The second-order valence-corrected chi connectivity index (χ2v) is 5.38. The molecule has 1 unspecified atom stereocenters. The lowest BCUT2D eigenvalue weighted by atomic mass is 10.2. The first-order valence-electron chi connectivity index (χ1n) is 6.77. The van der Waals surface area contributed by atoms with Crippen molar-refractivity contribution in [2.24, 2.45) is 0 Å². The second-order valence-electron chi connectivity index (χ2n) is 5.38. The summed E-state index contributed by atoms with van der Waals surface area (Å²) >= 11 is 0. The molecule has 1 aromatic rings. The predicted octanol–water partition coefficient (Wildman–Crippen LogP) is 1.13. The molecule has 20 heavy (non-hydrogen) atoms. The van der Waals surface area contributed by atoms with E-state index in [0.717, 1.165) is 19.5 Å². The number of carbonyl (C=O) groups excluding carboxylic acids is 1. The van der Waals surface area contributed by atoms with Gasteiger partial charge in [0, 0.05) is 24.8 Å². The fraction of sp³-hybridized carbons (Fsp3) is 0.467. The van der Waals surface area contributed by atoms with Crippen LogP contribution in [0.2, 0.25) is 0 Å². The van der Waals surface area contributed by atoms with Crippen LogP contribution in [0.4, 0.5) is 5.69 Å². The number of nitrogens with one attached hydrogen (secondary N) is 1. The Labute approximate surface area is 119 Å². The predicted molar refractivity (Wildman–Crippen MR) is 78.3 cm³/mol. The summed E-state index contributed by atoms with van der Waals surface area (Å²) in [6.45, 7) is 2.29. The highest BCUT2D eigenvalue weighted by Crippen LogP contribution is 2.14. The highest BCUT2D eigenvalue weighted by molar-refractivity contribution is 5.92. The highest BCUT2D eigenvalue weighted by Gasteiger charge is 2.25. The Morgan fingerprint density at radius 3 is 3.00 bits per heavy atom. The summed E-state index contributed by atoms with van der Waals surface area (Å²) in [5.74, 6) is -0.0282. The van der Waals surface area contributed by atoms with E-state index in [1.54, 1.807) is 24.3 Å². The maximum Gasteiger partial charge on any atom is 0.238 e. The van der Waals surface area contributed by atoms with Crippen molar-refractivity contribution < 1.29 is 4.79 Å². The number of nitrogens with zero attached hydrogens (tertiary/aromatic N) is 3. The van der Waals surface area contributed by atoms with E-state index in [1.807, 2.05) is 0 Å². The van der Waals surface area contributed by atoms with Gasteiger partial charge in [-0.2, -0.15) is 5.26 Å². The Kier molecular flexibility index (Phi) is 4.72. The van der Waals surface area contributed by atoms with Crippen LogP contribution in [0.15, 0.2) is 24.3 Å². The maximum atomic E-state index is 12.0. The van der Waals surface area contributed by atoms with Gasteiger partial charge in [0.2, 0.25) is 5.91 Å². The smallest absolute Gasteiger partial charge is 0.238 e. The molecular formula is C15H20N4O. The molecule has 1 saturated heterocycles. The second kappa shape index (κ2) is 6.51. The molecule has 2 rings (SSSR count). The van der Waals surface area contributed by atoms with Gasteiger partial charge >= 0.3 is 0 Å². The number of nitriles is 1. The van der Waals surface area contributed by atoms with Crippen LogP contribution in [0.5, 0.6) is 0 Å². The van der Waals surface area contributed by atoms with Crippen LogP contribution in [0.3, 0.4) is 0 Å². The molecule has 1 aromatic carbocycles. The molecule has 1 fully saturated rings. The molecule has 1 aliphatic rings. The van der Waals surface area contributed by atoms with Crippen LogP contribution < -0.4 is 5.32 Å². The number of carbonyl (C=O) groups is 1. The third-order valence-electron chi connectivity index (χ3n) is 3.62. The van der Waals surface area contributed by atoms with Gasteiger partial charge in [0.15, 0.2) is 0 Å². The Hall–Kier alpha value is -1.90. The van der Waals surface area contributed by atoms with E-state index in [9.17, 15) is 4.79 Å². The van der Waals surface area contributed by atoms with Crippen LogP contribution in [0, 0.1) is 11.3 Å². The Balaban J connectivity index is 1.85. The van der Waals surface area contributed by atoms with Gasteiger partial charge in [-0.05, 0) is 38.7 Å². The Bertz CT molecular complexity index is 521. The molecule has 0 radical (unpaired) electrons.